The van der Waals surface area contributed by atoms with Gasteiger partial charge >= 0.3 is 6.18 Å². The zero-order valence-corrected chi connectivity index (χ0v) is 10.9. The highest BCUT2D eigenvalue weighted by molar-refractivity contribution is 5.59. The van der Waals surface area contributed by atoms with E-state index in [1.54, 1.807) is 30.3 Å². The van der Waals surface area contributed by atoms with Crippen LogP contribution in [0.25, 0.3) is 0 Å². The van der Waals surface area contributed by atoms with Crippen LogP contribution in [0.5, 0.6) is 0 Å². The molecule has 2 rings (SSSR count). The van der Waals surface area contributed by atoms with E-state index in [-0.39, 0.29) is 5.56 Å². The number of nitriles is 1. The van der Waals surface area contributed by atoms with Crippen LogP contribution in [0, 0.1) is 11.3 Å². The third-order valence-electron chi connectivity index (χ3n) is 2.93. The van der Waals surface area contributed by atoms with Gasteiger partial charge in [0.25, 0.3) is 0 Å². The molecule has 0 atom stereocenters. The molecule has 3 N–H and O–H groups in total. The van der Waals surface area contributed by atoms with E-state index in [4.69, 9.17) is 11.0 Å². The van der Waals surface area contributed by atoms with Gasteiger partial charge in [0.1, 0.15) is 6.07 Å². The van der Waals surface area contributed by atoms with Gasteiger partial charge in [-0.2, -0.15) is 18.4 Å². The zero-order valence-electron chi connectivity index (χ0n) is 10.9. The first kappa shape index (κ1) is 14.7. The van der Waals surface area contributed by atoms with E-state index in [2.05, 4.69) is 5.32 Å². The van der Waals surface area contributed by atoms with Gasteiger partial charge in [-0.15, -0.1) is 0 Å². The second kappa shape index (κ2) is 5.75. The van der Waals surface area contributed by atoms with Crippen LogP contribution in [0.4, 0.5) is 24.5 Å². The predicted molar refractivity (Wildman–Crippen MR) is 74.3 cm³/mol. The predicted octanol–water partition coefficient (Wildman–Crippen LogP) is 3.77. The fraction of sp³-hybridized carbons (Fsp3) is 0.133. The molecular formula is C15H12F3N3. The summed E-state index contributed by atoms with van der Waals surface area (Å²) in [6, 6.07) is 11.9. The number of benzene rings is 2. The van der Waals surface area contributed by atoms with Crippen LogP contribution in [0.15, 0.2) is 42.5 Å². The first-order valence-corrected chi connectivity index (χ1v) is 6.10. The van der Waals surface area contributed by atoms with Gasteiger partial charge < -0.3 is 11.1 Å². The molecule has 0 aliphatic heterocycles. The van der Waals surface area contributed by atoms with Gasteiger partial charge in [0, 0.05) is 12.2 Å². The molecule has 0 aliphatic rings. The van der Waals surface area contributed by atoms with Gasteiger partial charge in [-0.1, -0.05) is 12.1 Å². The third kappa shape index (κ3) is 3.66. The van der Waals surface area contributed by atoms with Crippen molar-refractivity contribution in [1.29, 1.82) is 5.26 Å². The molecule has 3 nitrogen and oxygen atoms in total. The van der Waals surface area contributed by atoms with E-state index < -0.39 is 11.7 Å². The average molecular weight is 291 g/mol. The Morgan fingerprint density at radius 2 is 1.76 bits per heavy atom. The van der Waals surface area contributed by atoms with Crippen molar-refractivity contribution in [2.75, 3.05) is 11.1 Å². The van der Waals surface area contributed by atoms with Crippen molar-refractivity contribution >= 4 is 11.4 Å². The third-order valence-corrected chi connectivity index (χ3v) is 2.93. The normalized spacial score (nSPS) is 11.0. The summed E-state index contributed by atoms with van der Waals surface area (Å²) in [4.78, 5) is 0. The van der Waals surface area contributed by atoms with Crippen LogP contribution in [-0.4, -0.2) is 0 Å². The number of rotatable bonds is 3. The molecule has 108 valence electrons. The molecule has 0 bridgehead atoms. The van der Waals surface area contributed by atoms with E-state index in [9.17, 15) is 13.2 Å². The maximum Gasteiger partial charge on any atom is 0.416 e. The number of halogens is 3. The van der Waals surface area contributed by atoms with E-state index in [1.807, 2.05) is 0 Å². The largest absolute Gasteiger partial charge is 0.416 e. The first-order chi connectivity index (χ1) is 9.90. The minimum atomic E-state index is -4.46. The van der Waals surface area contributed by atoms with E-state index in [0.29, 0.717) is 17.9 Å². The minimum Gasteiger partial charge on any atom is -0.399 e. The van der Waals surface area contributed by atoms with Gasteiger partial charge in [0.2, 0.25) is 0 Å². The molecule has 2 aromatic carbocycles. The number of nitrogens with two attached hydrogens (primary N) is 1. The Labute approximate surface area is 119 Å². The summed E-state index contributed by atoms with van der Waals surface area (Å²) in [7, 11) is 0. The highest BCUT2D eigenvalue weighted by Gasteiger charge is 2.31. The lowest BCUT2D eigenvalue weighted by atomic mass is 10.1. The van der Waals surface area contributed by atoms with Crippen LogP contribution < -0.4 is 11.1 Å². The van der Waals surface area contributed by atoms with Crippen molar-refractivity contribution in [1.82, 2.24) is 0 Å². The molecule has 2 aromatic rings. The summed E-state index contributed by atoms with van der Waals surface area (Å²) in [5, 5.41) is 11.9. The lowest BCUT2D eigenvalue weighted by molar-refractivity contribution is -0.137. The number of alkyl halides is 3. The molecule has 0 amide bonds. The summed E-state index contributed by atoms with van der Waals surface area (Å²) < 4.78 is 37.7. The van der Waals surface area contributed by atoms with E-state index in [0.717, 1.165) is 17.7 Å². The van der Waals surface area contributed by atoms with Crippen LogP contribution in [0.2, 0.25) is 0 Å². The van der Waals surface area contributed by atoms with Gasteiger partial charge in [-0.25, -0.2) is 0 Å². The van der Waals surface area contributed by atoms with Crippen LogP contribution >= 0.6 is 0 Å². The fourth-order valence-corrected chi connectivity index (χ4v) is 1.80. The SMILES string of the molecule is N#Cc1cc(C(F)(F)F)ccc1NCc1ccc(N)cc1. The van der Waals surface area contributed by atoms with E-state index >= 15 is 0 Å². The molecule has 0 saturated heterocycles. The maximum absolute atomic E-state index is 12.6. The smallest absolute Gasteiger partial charge is 0.399 e. The molecule has 0 aromatic heterocycles. The quantitative estimate of drug-likeness (QED) is 0.846. The first-order valence-electron chi connectivity index (χ1n) is 6.10. The molecule has 0 spiro atoms. The number of hydrogen-bond acceptors (Lipinski definition) is 3. The van der Waals surface area contributed by atoms with Crippen molar-refractivity contribution in [3.05, 3.63) is 59.2 Å². The summed E-state index contributed by atoms with van der Waals surface area (Å²) >= 11 is 0. The van der Waals surface area contributed by atoms with Crippen molar-refractivity contribution in [3.63, 3.8) is 0 Å². The Balaban J connectivity index is 2.17. The molecule has 21 heavy (non-hydrogen) atoms. The molecule has 0 heterocycles. The number of nitrogens with one attached hydrogen (secondary N) is 1. The highest BCUT2D eigenvalue weighted by atomic mass is 19.4. The standard InChI is InChI=1S/C15H12F3N3/c16-15(17,18)12-3-6-14(11(7-12)8-19)21-9-10-1-4-13(20)5-2-10/h1-7,21H,9,20H2. The summed E-state index contributed by atoms with van der Waals surface area (Å²) in [5.74, 6) is 0. The van der Waals surface area contributed by atoms with Crippen molar-refractivity contribution in [2.45, 2.75) is 12.7 Å². The van der Waals surface area contributed by atoms with E-state index in [1.165, 1.54) is 6.07 Å². The number of hydrogen-bond donors (Lipinski definition) is 2. The van der Waals surface area contributed by atoms with Crippen LogP contribution in [0.3, 0.4) is 0 Å². The zero-order chi connectivity index (χ0) is 15.5. The fourth-order valence-electron chi connectivity index (χ4n) is 1.80. The lowest BCUT2D eigenvalue weighted by Gasteiger charge is -2.12. The average Bonchev–Trinajstić information content (AvgIpc) is 2.45. The van der Waals surface area contributed by atoms with Gasteiger partial charge in [-0.05, 0) is 35.9 Å². The second-order valence-corrected chi connectivity index (χ2v) is 4.47. The molecular weight excluding hydrogens is 279 g/mol. The van der Waals surface area contributed by atoms with Crippen LogP contribution in [0.1, 0.15) is 16.7 Å². The summed E-state index contributed by atoms with van der Waals surface area (Å²) in [6.45, 7) is 0.389. The molecule has 0 saturated carbocycles. The van der Waals surface area contributed by atoms with Crippen LogP contribution in [-0.2, 0) is 12.7 Å². The minimum absolute atomic E-state index is 0.0414. The lowest BCUT2D eigenvalue weighted by Crippen LogP contribution is -2.07. The molecule has 6 heteroatoms. The van der Waals surface area contributed by atoms with Gasteiger partial charge in [0.05, 0.1) is 16.8 Å². The Kier molecular flexibility index (Phi) is 4.03. The molecule has 0 aliphatic carbocycles. The second-order valence-electron chi connectivity index (χ2n) is 4.47. The van der Waals surface area contributed by atoms with Crippen molar-refractivity contribution in [2.24, 2.45) is 0 Å². The molecule has 0 fully saturated rings. The van der Waals surface area contributed by atoms with Gasteiger partial charge in [-0.3, -0.25) is 0 Å². The summed E-state index contributed by atoms with van der Waals surface area (Å²) in [5.41, 5.74) is 6.59. The summed E-state index contributed by atoms with van der Waals surface area (Å²) in [6.07, 6.45) is -4.46. The van der Waals surface area contributed by atoms with Crippen molar-refractivity contribution < 1.29 is 13.2 Å². The molecule has 0 radical (unpaired) electrons. The Morgan fingerprint density at radius 1 is 1.10 bits per heavy atom. The number of nitrogen functional groups attached to an aromatic ring is 1. The number of nitrogens with zero attached hydrogens (tertiary/aromatic N) is 1. The van der Waals surface area contributed by atoms with Crippen molar-refractivity contribution in [3.8, 4) is 6.07 Å². The maximum atomic E-state index is 12.6. The van der Waals surface area contributed by atoms with Gasteiger partial charge in [0.15, 0.2) is 0 Å². The number of anilines is 2. The topological polar surface area (TPSA) is 61.8 Å². The molecule has 0 unspecified atom stereocenters. The monoisotopic (exact) mass is 291 g/mol. The Bertz CT molecular complexity index is 670. The Hall–Kier alpha value is -2.68. The highest BCUT2D eigenvalue weighted by Crippen LogP contribution is 2.31. The Morgan fingerprint density at radius 3 is 2.33 bits per heavy atom.